The molecule has 1 amide bonds. The molecule has 0 N–H and O–H groups in total. The van der Waals surface area contributed by atoms with Crippen LogP contribution in [-0.2, 0) is 11.3 Å². The van der Waals surface area contributed by atoms with E-state index < -0.39 is 0 Å². The SMILES string of the molecule is Cc1ccc(-n2c(SCC(=O)N(C)Cc3ccccc3F)nnc2-c2ccccc2)cc1. The van der Waals surface area contributed by atoms with Crippen LogP contribution in [0, 0.1) is 12.7 Å². The molecule has 4 rings (SSSR count). The number of carbonyl (C=O) groups excluding carboxylic acids is 1. The normalized spacial score (nSPS) is 10.8. The van der Waals surface area contributed by atoms with Crippen molar-refractivity contribution in [2.75, 3.05) is 12.8 Å². The Morgan fingerprint density at radius 2 is 1.66 bits per heavy atom. The molecule has 0 aliphatic rings. The van der Waals surface area contributed by atoms with E-state index in [-0.39, 0.29) is 24.0 Å². The van der Waals surface area contributed by atoms with Crippen LogP contribution in [0.15, 0.2) is 84.0 Å². The predicted molar refractivity (Wildman–Crippen MR) is 125 cm³/mol. The first kappa shape index (κ1) is 21.8. The van der Waals surface area contributed by atoms with E-state index in [4.69, 9.17) is 0 Å². The Balaban J connectivity index is 1.56. The molecule has 0 saturated carbocycles. The van der Waals surface area contributed by atoms with E-state index in [1.54, 1.807) is 25.2 Å². The number of thioether (sulfide) groups is 1. The van der Waals surface area contributed by atoms with Crippen LogP contribution in [0.4, 0.5) is 4.39 Å². The maximum absolute atomic E-state index is 13.9. The van der Waals surface area contributed by atoms with Crippen molar-refractivity contribution in [3.63, 3.8) is 0 Å². The first-order valence-corrected chi connectivity index (χ1v) is 11.2. The van der Waals surface area contributed by atoms with Gasteiger partial charge >= 0.3 is 0 Å². The molecule has 0 bridgehead atoms. The average molecular weight is 447 g/mol. The number of benzene rings is 3. The number of amides is 1. The largest absolute Gasteiger partial charge is 0.341 e. The van der Waals surface area contributed by atoms with E-state index in [1.165, 1.54) is 22.7 Å². The van der Waals surface area contributed by atoms with Gasteiger partial charge in [0.05, 0.1) is 5.75 Å². The second-order valence-corrected chi connectivity index (χ2v) is 8.42. The molecule has 0 spiro atoms. The van der Waals surface area contributed by atoms with Gasteiger partial charge in [-0.05, 0) is 25.1 Å². The van der Waals surface area contributed by atoms with Crippen LogP contribution < -0.4 is 0 Å². The zero-order valence-corrected chi connectivity index (χ0v) is 18.7. The molecule has 0 aliphatic heterocycles. The fourth-order valence-corrected chi connectivity index (χ4v) is 4.16. The van der Waals surface area contributed by atoms with Gasteiger partial charge in [0.2, 0.25) is 5.91 Å². The molecule has 32 heavy (non-hydrogen) atoms. The van der Waals surface area contributed by atoms with E-state index in [1.807, 2.05) is 66.1 Å². The second kappa shape index (κ2) is 9.78. The van der Waals surface area contributed by atoms with E-state index in [9.17, 15) is 9.18 Å². The standard InChI is InChI=1S/C25H23FN4OS/c1-18-12-14-21(15-13-18)30-24(19-8-4-3-5-9-19)27-28-25(30)32-17-23(31)29(2)16-20-10-6-7-11-22(20)26/h3-15H,16-17H2,1-2H3. The van der Waals surface area contributed by atoms with Gasteiger partial charge in [-0.2, -0.15) is 0 Å². The Hall–Kier alpha value is -3.45. The number of nitrogens with zero attached hydrogens (tertiary/aromatic N) is 4. The highest BCUT2D eigenvalue weighted by Gasteiger charge is 2.19. The Bertz CT molecular complexity index is 1210. The maximum Gasteiger partial charge on any atom is 0.233 e. The van der Waals surface area contributed by atoms with Crippen molar-refractivity contribution in [2.24, 2.45) is 0 Å². The summed E-state index contributed by atoms with van der Waals surface area (Å²) in [6.45, 7) is 2.25. The summed E-state index contributed by atoms with van der Waals surface area (Å²) >= 11 is 1.32. The van der Waals surface area contributed by atoms with Gasteiger partial charge in [-0.3, -0.25) is 9.36 Å². The first-order valence-electron chi connectivity index (χ1n) is 10.2. The summed E-state index contributed by atoms with van der Waals surface area (Å²) in [6, 6.07) is 24.4. The molecule has 1 aromatic heterocycles. The molecule has 0 aliphatic carbocycles. The van der Waals surface area contributed by atoms with Gasteiger partial charge < -0.3 is 4.90 Å². The maximum atomic E-state index is 13.9. The topological polar surface area (TPSA) is 51.0 Å². The quantitative estimate of drug-likeness (QED) is 0.369. The summed E-state index contributed by atoms with van der Waals surface area (Å²) in [7, 11) is 1.68. The molecule has 162 valence electrons. The third-order valence-electron chi connectivity index (χ3n) is 5.07. The number of hydrogen-bond donors (Lipinski definition) is 0. The van der Waals surface area contributed by atoms with Gasteiger partial charge in [-0.15, -0.1) is 10.2 Å². The summed E-state index contributed by atoms with van der Waals surface area (Å²) in [6.07, 6.45) is 0. The molecule has 0 radical (unpaired) electrons. The predicted octanol–water partition coefficient (Wildman–Crippen LogP) is 5.13. The highest BCUT2D eigenvalue weighted by Crippen LogP contribution is 2.28. The Morgan fingerprint density at radius 1 is 0.969 bits per heavy atom. The van der Waals surface area contributed by atoms with Gasteiger partial charge in [-0.25, -0.2) is 4.39 Å². The molecule has 0 unspecified atom stereocenters. The average Bonchev–Trinajstić information content (AvgIpc) is 3.24. The molecule has 4 aromatic rings. The third kappa shape index (κ3) is 4.89. The summed E-state index contributed by atoms with van der Waals surface area (Å²) in [5.41, 5.74) is 3.51. The van der Waals surface area contributed by atoms with Crippen LogP contribution in [0.1, 0.15) is 11.1 Å². The van der Waals surface area contributed by atoms with E-state index in [2.05, 4.69) is 10.2 Å². The number of aryl methyl sites for hydroxylation is 1. The number of halogens is 1. The lowest BCUT2D eigenvalue weighted by Crippen LogP contribution is -2.28. The summed E-state index contributed by atoms with van der Waals surface area (Å²) in [5, 5.41) is 9.40. The molecule has 0 fully saturated rings. The minimum atomic E-state index is -0.313. The lowest BCUT2D eigenvalue weighted by atomic mass is 10.2. The van der Waals surface area contributed by atoms with Crippen molar-refractivity contribution in [2.45, 2.75) is 18.6 Å². The molecular weight excluding hydrogens is 423 g/mol. The molecule has 7 heteroatoms. The lowest BCUT2D eigenvalue weighted by molar-refractivity contribution is -0.127. The van der Waals surface area contributed by atoms with Crippen LogP contribution in [0.25, 0.3) is 17.1 Å². The first-order chi connectivity index (χ1) is 15.5. The fraction of sp³-hybridized carbons (Fsp3) is 0.160. The van der Waals surface area contributed by atoms with Crippen molar-refractivity contribution in [3.05, 3.63) is 95.8 Å². The third-order valence-corrected chi connectivity index (χ3v) is 5.99. The number of hydrogen-bond acceptors (Lipinski definition) is 4. The van der Waals surface area contributed by atoms with Gasteiger partial charge in [0.25, 0.3) is 0 Å². The monoisotopic (exact) mass is 446 g/mol. The highest BCUT2D eigenvalue weighted by molar-refractivity contribution is 7.99. The van der Waals surface area contributed by atoms with Crippen molar-refractivity contribution in [1.29, 1.82) is 0 Å². The smallest absolute Gasteiger partial charge is 0.233 e. The van der Waals surface area contributed by atoms with Gasteiger partial charge in [0, 0.05) is 30.4 Å². The van der Waals surface area contributed by atoms with Crippen LogP contribution >= 0.6 is 11.8 Å². The molecule has 3 aromatic carbocycles. The zero-order chi connectivity index (χ0) is 22.5. The van der Waals surface area contributed by atoms with Crippen LogP contribution in [0.3, 0.4) is 0 Å². The minimum absolute atomic E-state index is 0.113. The van der Waals surface area contributed by atoms with Crippen molar-refractivity contribution < 1.29 is 9.18 Å². The van der Waals surface area contributed by atoms with Crippen molar-refractivity contribution in [1.82, 2.24) is 19.7 Å². The Kier molecular flexibility index (Phi) is 6.66. The highest BCUT2D eigenvalue weighted by atomic mass is 32.2. The summed E-state index contributed by atoms with van der Waals surface area (Å²) < 4.78 is 15.9. The van der Waals surface area contributed by atoms with E-state index in [0.29, 0.717) is 16.5 Å². The van der Waals surface area contributed by atoms with Crippen LogP contribution in [-0.4, -0.2) is 38.4 Å². The van der Waals surface area contributed by atoms with Crippen LogP contribution in [0.2, 0.25) is 0 Å². The molecular formula is C25H23FN4OS. The molecule has 0 atom stereocenters. The number of rotatable bonds is 7. The second-order valence-electron chi connectivity index (χ2n) is 7.47. The number of carbonyl (C=O) groups is 1. The van der Waals surface area contributed by atoms with Crippen molar-refractivity contribution in [3.8, 4) is 17.1 Å². The van der Waals surface area contributed by atoms with Crippen molar-refractivity contribution >= 4 is 17.7 Å². The zero-order valence-electron chi connectivity index (χ0n) is 17.9. The molecule has 5 nitrogen and oxygen atoms in total. The van der Waals surface area contributed by atoms with Crippen LogP contribution in [0.5, 0.6) is 0 Å². The minimum Gasteiger partial charge on any atom is -0.341 e. The summed E-state index contributed by atoms with van der Waals surface area (Å²) in [4.78, 5) is 14.3. The fourth-order valence-electron chi connectivity index (χ4n) is 3.27. The Labute approximate surface area is 190 Å². The molecule has 1 heterocycles. The molecule has 0 saturated heterocycles. The van der Waals surface area contributed by atoms with Gasteiger partial charge in [0.15, 0.2) is 11.0 Å². The van der Waals surface area contributed by atoms with Gasteiger partial charge in [-0.1, -0.05) is 78.0 Å². The van der Waals surface area contributed by atoms with Gasteiger partial charge in [0.1, 0.15) is 5.82 Å². The van der Waals surface area contributed by atoms with E-state index >= 15 is 0 Å². The lowest BCUT2D eigenvalue weighted by Gasteiger charge is -2.17. The number of aromatic nitrogens is 3. The summed E-state index contributed by atoms with van der Waals surface area (Å²) in [5.74, 6) is 0.456. The van der Waals surface area contributed by atoms with E-state index in [0.717, 1.165) is 16.8 Å². The Morgan fingerprint density at radius 3 is 2.38 bits per heavy atom.